The quantitative estimate of drug-likeness (QED) is 0.866. The second-order valence-electron chi connectivity index (χ2n) is 4.44. The molecule has 1 amide bonds. The van der Waals surface area contributed by atoms with Crippen molar-refractivity contribution in [2.75, 3.05) is 0 Å². The van der Waals surface area contributed by atoms with Gasteiger partial charge in [-0.15, -0.1) is 0 Å². The fourth-order valence-electron chi connectivity index (χ4n) is 2.12. The monoisotopic (exact) mass is 233 g/mol. The number of ether oxygens (including phenoxy) is 1. The van der Waals surface area contributed by atoms with Gasteiger partial charge < -0.3 is 10.1 Å². The normalized spacial score (nSPS) is 17.7. The molecule has 0 bridgehead atoms. The molecule has 1 heterocycles. The van der Waals surface area contributed by atoms with E-state index in [2.05, 4.69) is 19.2 Å². The Labute approximate surface area is 102 Å². The van der Waals surface area contributed by atoms with Crippen LogP contribution in [0.5, 0.6) is 5.75 Å². The molecule has 3 heteroatoms. The Bertz CT molecular complexity index is 374. The number of hydrogen-bond donors (Lipinski definition) is 1. The highest BCUT2D eigenvalue weighted by Gasteiger charge is 2.29. The highest BCUT2D eigenvalue weighted by molar-refractivity contribution is 5.82. The number of carbonyl (C=O) groups is 1. The zero-order valence-corrected chi connectivity index (χ0v) is 10.4. The summed E-state index contributed by atoms with van der Waals surface area (Å²) < 4.78 is 5.65. The number of nitrogens with one attached hydrogen (secondary N) is 1. The van der Waals surface area contributed by atoms with E-state index in [9.17, 15) is 4.79 Å². The predicted molar refractivity (Wildman–Crippen MR) is 67.1 cm³/mol. The number of benzene rings is 1. The van der Waals surface area contributed by atoms with Gasteiger partial charge in [0.05, 0.1) is 0 Å². The Balaban J connectivity index is 1.96. The van der Waals surface area contributed by atoms with Gasteiger partial charge in [0.15, 0.2) is 6.10 Å². The number of carbonyl (C=O) groups excluding carboxylic acids is 1. The maximum atomic E-state index is 12.0. The van der Waals surface area contributed by atoms with Crippen LogP contribution < -0.4 is 10.1 Å². The predicted octanol–water partition coefficient (Wildman–Crippen LogP) is 2.29. The molecule has 1 aliphatic heterocycles. The van der Waals surface area contributed by atoms with E-state index in [0.29, 0.717) is 6.42 Å². The molecular formula is C14H19NO2. The maximum absolute atomic E-state index is 12.0. The van der Waals surface area contributed by atoms with Crippen LogP contribution in [-0.2, 0) is 11.2 Å². The first-order valence-electron chi connectivity index (χ1n) is 6.29. The molecule has 1 aromatic rings. The lowest BCUT2D eigenvalue weighted by atomic mass is 10.1. The van der Waals surface area contributed by atoms with Gasteiger partial charge in [0, 0.05) is 12.5 Å². The summed E-state index contributed by atoms with van der Waals surface area (Å²) in [5, 5.41) is 3.03. The van der Waals surface area contributed by atoms with Crippen molar-refractivity contribution in [2.45, 2.75) is 45.3 Å². The first kappa shape index (κ1) is 12.0. The maximum Gasteiger partial charge on any atom is 0.261 e. The number of hydrogen-bond acceptors (Lipinski definition) is 2. The summed E-state index contributed by atoms with van der Waals surface area (Å²) in [7, 11) is 0. The average Bonchev–Trinajstić information content (AvgIpc) is 2.79. The summed E-state index contributed by atoms with van der Waals surface area (Å²) >= 11 is 0. The van der Waals surface area contributed by atoms with Crippen LogP contribution in [-0.4, -0.2) is 18.1 Å². The molecule has 0 radical (unpaired) electrons. The van der Waals surface area contributed by atoms with Crippen LogP contribution in [0.25, 0.3) is 0 Å². The molecule has 1 N–H and O–H groups in total. The van der Waals surface area contributed by atoms with E-state index in [0.717, 1.165) is 24.2 Å². The SMILES string of the molecule is CCC(CC)NC(=O)C1Cc2ccccc2O1. The van der Waals surface area contributed by atoms with Crippen LogP contribution in [0.2, 0.25) is 0 Å². The van der Waals surface area contributed by atoms with Gasteiger partial charge >= 0.3 is 0 Å². The topological polar surface area (TPSA) is 38.3 Å². The standard InChI is InChI=1S/C14H19NO2/c1-3-11(4-2)15-14(16)13-9-10-7-5-6-8-12(10)17-13/h5-8,11,13H,3-4,9H2,1-2H3,(H,15,16). The lowest BCUT2D eigenvalue weighted by molar-refractivity contribution is -0.128. The summed E-state index contributed by atoms with van der Waals surface area (Å²) in [6.45, 7) is 4.16. The summed E-state index contributed by atoms with van der Waals surface area (Å²) in [4.78, 5) is 12.0. The van der Waals surface area contributed by atoms with Crippen LogP contribution in [0.1, 0.15) is 32.3 Å². The number of rotatable bonds is 4. The highest BCUT2D eigenvalue weighted by atomic mass is 16.5. The third-order valence-electron chi connectivity index (χ3n) is 3.27. The van der Waals surface area contributed by atoms with Crippen molar-refractivity contribution in [3.63, 3.8) is 0 Å². The summed E-state index contributed by atoms with van der Waals surface area (Å²) in [5.74, 6) is 0.854. The Kier molecular flexibility index (Phi) is 3.67. The van der Waals surface area contributed by atoms with Gasteiger partial charge in [-0.25, -0.2) is 0 Å². The molecule has 0 fully saturated rings. The van der Waals surface area contributed by atoms with Crippen LogP contribution in [0, 0.1) is 0 Å². The zero-order chi connectivity index (χ0) is 12.3. The van der Waals surface area contributed by atoms with E-state index in [-0.39, 0.29) is 18.1 Å². The van der Waals surface area contributed by atoms with Gasteiger partial charge in [-0.05, 0) is 24.5 Å². The van der Waals surface area contributed by atoms with E-state index in [1.54, 1.807) is 0 Å². The van der Waals surface area contributed by atoms with Crippen LogP contribution in [0.3, 0.4) is 0 Å². The minimum atomic E-state index is -0.354. The molecule has 1 aliphatic rings. The minimum absolute atomic E-state index is 0.00917. The number of para-hydroxylation sites is 1. The second kappa shape index (κ2) is 5.21. The Morgan fingerprint density at radius 3 is 2.76 bits per heavy atom. The molecule has 0 spiro atoms. The Morgan fingerprint density at radius 2 is 2.12 bits per heavy atom. The molecule has 0 aliphatic carbocycles. The first-order chi connectivity index (χ1) is 8.24. The molecule has 92 valence electrons. The third-order valence-corrected chi connectivity index (χ3v) is 3.27. The molecule has 1 aromatic carbocycles. The van der Waals surface area contributed by atoms with Crippen molar-refractivity contribution in [1.82, 2.24) is 5.32 Å². The van der Waals surface area contributed by atoms with Crippen molar-refractivity contribution < 1.29 is 9.53 Å². The molecule has 1 unspecified atom stereocenters. The van der Waals surface area contributed by atoms with Crippen LogP contribution in [0.15, 0.2) is 24.3 Å². The lowest BCUT2D eigenvalue weighted by Gasteiger charge is -2.17. The number of amides is 1. The Morgan fingerprint density at radius 1 is 1.41 bits per heavy atom. The minimum Gasteiger partial charge on any atom is -0.480 e. The summed E-state index contributed by atoms with van der Waals surface area (Å²) in [6, 6.07) is 8.10. The molecule has 0 aromatic heterocycles. The van der Waals surface area contributed by atoms with Crippen molar-refractivity contribution in [3.05, 3.63) is 29.8 Å². The third kappa shape index (κ3) is 2.60. The average molecular weight is 233 g/mol. The Hall–Kier alpha value is -1.51. The molecule has 0 saturated carbocycles. The highest BCUT2D eigenvalue weighted by Crippen LogP contribution is 2.28. The van der Waals surface area contributed by atoms with Crippen LogP contribution in [0.4, 0.5) is 0 Å². The van der Waals surface area contributed by atoms with Gasteiger partial charge in [-0.1, -0.05) is 32.0 Å². The van der Waals surface area contributed by atoms with E-state index in [4.69, 9.17) is 4.74 Å². The molecule has 3 nitrogen and oxygen atoms in total. The fourth-order valence-corrected chi connectivity index (χ4v) is 2.12. The largest absolute Gasteiger partial charge is 0.480 e. The first-order valence-corrected chi connectivity index (χ1v) is 6.29. The van der Waals surface area contributed by atoms with E-state index >= 15 is 0 Å². The van der Waals surface area contributed by atoms with E-state index in [1.807, 2.05) is 24.3 Å². The molecule has 1 atom stereocenters. The zero-order valence-electron chi connectivity index (χ0n) is 10.4. The summed E-state index contributed by atoms with van der Waals surface area (Å²) in [5.41, 5.74) is 1.12. The molecule has 0 saturated heterocycles. The summed E-state index contributed by atoms with van der Waals surface area (Å²) in [6.07, 6.45) is 2.25. The second-order valence-corrected chi connectivity index (χ2v) is 4.44. The van der Waals surface area contributed by atoms with Gasteiger partial charge in [-0.2, -0.15) is 0 Å². The molecular weight excluding hydrogens is 214 g/mol. The molecule has 2 rings (SSSR count). The van der Waals surface area contributed by atoms with Crippen molar-refractivity contribution in [1.29, 1.82) is 0 Å². The van der Waals surface area contributed by atoms with Crippen molar-refractivity contribution >= 4 is 5.91 Å². The van der Waals surface area contributed by atoms with Crippen molar-refractivity contribution in [2.24, 2.45) is 0 Å². The smallest absolute Gasteiger partial charge is 0.261 e. The van der Waals surface area contributed by atoms with Crippen LogP contribution >= 0.6 is 0 Å². The fraction of sp³-hybridized carbons (Fsp3) is 0.500. The van der Waals surface area contributed by atoms with Gasteiger partial charge in [0.1, 0.15) is 5.75 Å². The van der Waals surface area contributed by atoms with Crippen molar-refractivity contribution in [3.8, 4) is 5.75 Å². The van der Waals surface area contributed by atoms with E-state index < -0.39 is 0 Å². The van der Waals surface area contributed by atoms with Gasteiger partial charge in [0.2, 0.25) is 0 Å². The number of fused-ring (bicyclic) bond motifs is 1. The molecule has 17 heavy (non-hydrogen) atoms. The van der Waals surface area contributed by atoms with E-state index in [1.165, 1.54) is 0 Å². The van der Waals surface area contributed by atoms with Gasteiger partial charge in [0.25, 0.3) is 5.91 Å². The van der Waals surface area contributed by atoms with Gasteiger partial charge in [-0.3, -0.25) is 4.79 Å². The lowest BCUT2D eigenvalue weighted by Crippen LogP contribution is -2.42.